The van der Waals surface area contributed by atoms with Gasteiger partial charge in [0.2, 0.25) is 0 Å². The van der Waals surface area contributed by atoms with Crippen molar-refractivity contribution in [2.75, 3.05) is 0 Å². The Morgan fingerprint density at radius 3 is 2.21 bits per heavy atom. The van der Waals surface area contributed by atoms with Crippen molar-refractivity contribution in [2.24, 2.45) is 0 Å². The lowest BCUT2D eigenvalue weighted by molar-refractivity contribution is 0.104. The van der Waals surface area contributed by atoms with Gasteiger partial charge in [0, 0.05) is 5.56 Å². The maximum Gasteiger partial charge on any atom is 0.185 e. The molecular weight excluding hydrogens is 232 g/mol. The lowest BCUT2D eigenvalue weighted by Crippen LogP contribution is -2.05. The zero-order valence-corrected chi connectivity index (χ0v) is 10.4. The summed E-state index contributed by atoms with van der Waals surface area (Å²) in [5, 5.41) is 4.81. The van der Waals surface area contributed by atoms with Gasteiger partial charge in [0.25, 0.3) is 0 Å². The molecule has 4 rings (SSSR count). The molecule has 0 saturated carbocycles. The summed E-state index contributed by atoms with van der Waals surface area (Å²) in [6.45, 7) is 0. The van der Waals surface area contributed by atoms with Crippen LogP contribution in [0.4, 0.5) is 0 Å². The fraction of sp³-hybridized carbons (Fsp3) is 0.0556. The first-order valence-corrected chi connectivity index (χ1v) is 6.47. The van der Waals surface area contributed by atoms with Crippen LogP contribution in [0.2, 0.25) is 0 Å². The van der Waals surface area contributed by atoms with Crippen LogP contribution in [0.1, 0.15) is 15.9 Å². The van der Waals surface area contributed by atoms with Gasteiger partial charge in [-0.15, -0.1) is 0 Å². The van der Waals surface area contributed by atoms with E-state index in [0.717, 1.165) is 22.9 Å². The number of rotatable bonds is 0. The van der Waals surface area contributed by atoms with Gasteiger partial charge in [-0.05, 0) is 57.8 Å². The fourth-order valence-electron chi connectivity index (χ4n) is 2.82. The molecule has 0 amide bonds. The fourth-order valence-corrected chi connectivity index (χ4v) is 2.82. The summed E-state index contributed by atoms with van der Waals surface area (Å²) in [5.41, 5.74) is 1.99. The Labute approximate surface area is 111 Å². The third-order valence-electron chi connectivity index (χ3n) is 3.80. The molecule has 90 valence electrons. The first-order valence-electron chi connectivity index (χ1n) is 6.47. The van der Waals surface area contributed by atoms with E-state index in [1.165, 1.54) is 16.2 Å². The molecular formula is C18H12O. The van der Waals surface area contributed by atoms with Crippen LogP contribution in [0.5, 0.6) is 0 Å². The van der Waals surface area contributed by atoms with Crippen LogP contribution in [0.25, 0.3) is 21.5 Å². The van der Waals surface area contributed by atoms with Crippen molar-refractivity contribution in [1.29, 1.82) is 0 Å². The predicted octanol–water partition coefficient (Wildman–Crippen LogP) is 4.29. The molecule has 1 aliphatic carbocycles. The maximum absolute atomic E-state index is 11.9. The van der Waals surface area contributed by atoms with Gasteiger partial charge >= 0.3 is 0 Å². The monoisotopic (exact) mass is 244 g/mol. The Balaban J connectivity index is 2.09. The number of ketones is 1. The van der Waals surface area contributed by atoms with Gasteiger partial charge in [0.15, 0.2) is 5.78 Å². The zero-order chi connectivity index (χ0) is 12.8. The molecule has 3 aromatic rings. The lowest BCUT2D eigenvalue weighted by atomic mass is 9.91. The summed E-state index contributed by atoms with van der Waals surface area (Å²) in [7, 11) is 0. The highest BCUT2D eigenvalue weighted by molar-refractivity contribution is 6.10. The van der Waals surface area contributed by atoms with E-state index in [9.17, 15) is 4.79 Å². The SMILES string of the molecule is O=C1C=CCc2cc3cc4ccccc4cc3cc21. The molecule has 1 nitrogen and oxygen atoms in total. The molecule has 3 aromatic carbocycles. The average Bonchev–Trinajstić information content (AvgIpc) is 2.44. The maximum atomic E-state index is 11.9. The summed E-state index contributed by atoms with van der Waals surface area (Å²) < 4.78 is 0. The molecule has 1 heteroatoms. The summed E-state index contributed by atoms with van der Waals surface area (Å²) >= 11 is 0. The van der Waals surface area contributed by atoms with Gasteiger partial charge < -0.3 is 0 Å². The molecule has 0 saturated heterocycles. The quantitative estimate of drug-likeness (QED) is 0.539. The number of fused-ring (bicyclic) bond motifs is 3. The summed E-state index contributed by atoms with van der Waals surface area (Å²) in [6, 6.07) is 16.9. The highest BCUT2D eigenvalue weighted by Gasteiger charge is 2.13. The van der Waals surface area contributed by atoms with E-state index in [1.54, 1.807) is 6.08 Å². The van der Waals surface area contributed by atoms with Crippen molar-refractivity contribution >= 4 is 27.3 Å². The average molecular weight is 244 g/mol. The van der Waals surface area contributed by atoms with Crippen LogP contribution >= 0.6 is 0 Å². The third-order valence-corrected chi connectivity index (χ3v) is 3.80. The van der Waals surface area contributed by atoms with Crippen LogP contribution in [0.3, 0.4) is 0 Å². The second-order valence-corrected chi connectivity index (χ2v) is 5.03. The van der Waals surface area contributed by atoms with Crippen molar-refractivity contribution in [3.05, 3.63) is 71.8 Å². The Kier molecular flexibility index (Phi) is 2.10. The van der Waals surface area contributed by atoms with Crippen molar-refractivity contribution in [3.8, 4) is 0 Å². The molecule has 0 spiro atoms. The molecule has 1 aliphatic rings. The van der Waals surface area contributed by atoms with Gasteiger partial charge in [-0.25, -0.2) is 0 Å². The molecule has 19 heavy (non-hydrogen) atoms. The number of carbonyl (C=O) groups is 1. The smallest absolute Gasteiger partial charge is 0.185 e. The summed E-state index contributed by atoms with van der Waals surface area (Å²) in [5.74, 6) is 0.122. The number of hydrogen-bond acceptors (Lipinski definition) is 1. The molecule has 0 heterocycles. The summed E-state index contributed by atoms with van der Waals surface area (Å²) in [4.78, 5) is 11.9. The number of hydrogen-bond donors (Lipinski definition) is 0. The van der Waals surface area contributed by atoms with Crippen LogP contribution in [0.15, 0.2) is 60.7 Å². The number of benzene rings is 3. The van der Waals surface area contributed by atoms with Crippen LogP contribution in [0, 0.1) is 0 Å². The van der Waals surface area contributed by atoms with Gasteiger partial charge in [-0.2, -0.15) is 0 Å². The predicted molar refractivity (Wildman–Crippen MR) is 78.6 cm³/mol. The van der Waals surface area contributed by atoms with Crippen LogP contribution in [-0.2, 0) is 6.42 Å². The number of carbonyl (C=O) groups excluding carboxylic acids is 1. The Hall–Kier alpha value is -2.41. The topological polar surface area (TPSA) is 17.1 Å². The highest BCUT2D eigenvalue weighted by atomic mass is 16.1. The molecule has 0 radical (unpaired) electrons. The van der Waals surface area contributed by atoms with E-state index in [1.807, 2.05) is 18.2 Å². The standard InChI is InChI=1S/C18H12O/c19-18-7-3-6-14-10-15-8-12-4-1-2-5-13(12)9-16(15)11-17(14)18/h1-5,7-11H,6H2. The van der Waals surface area contributed by atoms with Crippen molar-refractivity contribution in [2.45, 2.75) is 6.42 Å². The first kappa shape index (κ1) is 10.5. The number of allylic oxidation sites excluding steroid dienone is 2. The van der Waals surface area contributed by atoms with Crippen molar-refractivity contribution < 1.29 is 4.79 Å². The van der Waals surface area contributed by atoms with E-state index >= 15 is 0 Å². The second kappa shape index (κ2) is 3.79. The van der Waals surface area contributed by atoms with Crippen molar-refractivity contribution in [3.63, 3.8) is 0 Å². The van der Waals surface area contributed by atoms with E-state index in [4.69, 9.17) is 0 Å². The van der Waals surface area contributed by atoms with Gasteiger partial charge in [-0.3, -0.25) is 4.79 Å². The minimum Gasteiger partial charge on any atom is -0.289 e. The second-order valence-electron chi connectivity index (χ2n) is 5.03. The molecule has 0 unspecified atom stereocenters. The van der Waals surface area contributed by atoms with Gasteiger partial charge in [0.05, 0.1) is 0 Å². The van der Waals surface area contributed by atoms with Crippen LogP contribution in [-0.4, -0.2) is 5.78 Å². The van der Waals surface area contributed by atoms with Crippen LogP contribution < -0.4 is 0 Å². The Bertz CT molecular complexity index is 856. The molecule has 0 N–H and O–H groups in total. The zero-order valence-electron chi connectivity index (χ0n) is 10.4. The van der Waals surface area contributed by atoms with Gasteiger partial charge in [0.1, 0.15) is 0 Å². The molecule has 0 aliphatic heterocycles. The highest BCUT2D eigenvalue weighted by Crippen LogP contribution is 2.28. The first-order chi connectivity index (χ1) is 9.31. The molecule has 0 atom stereocenters. The van der Waals surface area contributed by atoms with Gasteiger partial charge in [-0.1, -0.05) is 36.4 Å². The van der Waals surface area contributed by atoms with Crippen molar-refractivity contribution in [1.82, 2.24) is 0 Å². The Morgan fingerprint density at radius 2 is 1.47 bits per heavy atom. The Morgan fingerprint density at radius 1 is 0.789 bits per heavy atom. The minimum atomic E-state index is 0.122. The normalized spacial score (nSPS) is 14.0. The lowest BCUT2D eigenvalue weighted by Gasteiger charge is -2.12. The molecule has 0 aromatic heterocycles. The largest absolute Gasteiger partial charge is 0.289 e. The van der Waals surface area contributed by atoms with E-state index in [-0.39, 0.29) is 5.78 Å². The molecule has 0 bridgehead atoms. The summed E-state index contributed by atoms with van der Waals surface area (Å²) in [6.07, 6.45) is 4.47. The minimum absolute atomic E-state index is 0.122. The van der Waals surface area contributed by atoms with E-state index in [2.05, 4.69) is 36.4 Å². The third kappa shape index (κ3) is 1.59. The molecule has 0 fully saturated rings. The van der Waals surface area contributed by atoms with E-state index < -0.39 is 0 Å². The van der Waals surface area contributed by atoms with E-state index in [0.29, 0.717) is 0 Å².